The first-order valence-corrected chi connectivity index (χ1v) is 8.13. The number of pyridine rings is 1. The highest BCUT2D eigenvalue weighted by Crippen LogP contribution is 2.58. The monoisotopic (exact) mass is 314 g/mol. The van der Waals surface area contributed by atoms with E-state index in [4.69, 9.17) is 4.74 Å². The number of piperidine rings is 1. The van der Waals surface area contributed by atoms with Crippen molar-refractivity contribution in [1.82, 2.24) is 19.7 Å². The molecule has 1 saturated carbocycles. The highest BCUT2D eigenvalue weighted by Gasteiger charge is 2.59. The van der Waals surface area contributed by atoms with Gasteiger partial charge in [-0.3, -0.25) is 0 Å². The molecule has 122 valence electrons. The van der Waals surface area contributed by atoms with Gasteiger partial charge < -0.3 is 9.64 Å². The smallest absolute Gasteiger partial charge is 0.410 e. The predicted octanol–water partition coefficient (Wildman–Crippen LogP) is 2.62. The Morgan fingerprint density at radius 3 is 2.65 bits per heavy atom. The molecule has 3 atom stereocenters. The Labute approximate surface area is 135 Å². The molecule has 0 aromatic carbocycles. The Morgan fingerprint density at radius 1 is 1.30 bits per heavy atom. The van der Waals surface area contributed by atoms with Crippen LogP contribution >= 0.6 is 0 Å². The van der Waals surface area contributed by atoms with Crippen LogP contribution in [0.15, 0.2) is 18.3 Å². The van der Waals surface area contributed by atoms with Crippen LogP contribution in [0.2, 0.25) is 0 Å². The molecule has 1 aliphatic carbocycles. The third-order valence-corrected chi connectivity index (χ3v) is 4.76. The number of nitrogens with zero attached hydrogens (tertiary/aromatic N) is 4. The normalized spacial score (nSPS) is 26.4. The number of hydrogen-bond donors (Lipinski definition) is 0. The van der Waals surface area contributed by atoms with Crippen LogP contribution in [0.25, 0.3) is 5.52 Å². The molecule has 3 heterocycles. The average molecular weight is 314 g/mol. The van der Waals surface area contributed by atoms with Gasteiger partial charge in [0.1, 0.15) is 5.60 Å². The van der Waals surface area contributed by atoms with E-state index < -0.39 is 5.60 Å². The summed E-state index contributed by atoms with van der Waals surface area (Å²) in [5.41, 5.74) is 2.94. The molecule has 1 saturated heterocycles. The van der Waals surface area contributed by atoms with Crippen LogP contribution in [0, 0.1) is 18.8 Å². The molecule has 6 nitrogen and oxygen atoms in total. The molecule has 1 unspecified atom stereocenters. The lowest BCUT2D eigenvalue weighted by Crippen LogP contribution is -2.36. The third kappa shape index (κ3) is 2.46. The van der Waals surface area contributed by atoms with Gasteiger partial charge in [-0.2, -0.15) is 0 Å². The summed E-state index contributed by atoms with van der Waals surface area (Å²) >= 11 is 0. The van der Waals surface area contributed by atoms with Crippen molar-refractivity contribution in [1.29, 1.82) is 0 Å². The third-order valence-electron chi connectivity index (χ3n) is 4.76. The maximum Gasteiger partial charge on any atom is 0.410 e. The van der Waals surface area contributed by atoms with E-state index in [0.717, 1.165) is 24.3 Å². The molecular formula is C17H22N4O2. The number of fused-ring (bicyclic) bond motifs is 2. The van der Waals surface area contributed by atoms with E-state index in [0.29, 0.717) is 17.8 Å². The second-order valence-electron chi connectivity index (χ2n) is 7.75. The number of carbonyl (C=O) groups excluding carboxylic acids is 1. The molecule has 2 aromatic heterocycles. The fraction of sp³-hybridized carbons (Fsp3) is 0.588. The van der Waals surface area contributed by atoms with E-state index in [1.807, 2.05) is 42.4 Å². The topological polar surface area (TPSA) is 59.7 Å². The van der Waals surface area contributed by atoms with Gasteiger partial charge in [-0.05, 0) is 57.2 Å². The minimum Gasteiger partial charge on any atom is -0.444 e. The van der Waals surface area contributed by atoms with Gasteiger partial charge in [-0.15, -0.1) is 5.10 Å². The number of amides is 1. The highest BCUT2D eigenvalue weighted by molar-refractivity contribution is 5.69. The Bertz CT molecular complexity index is 764. The van der Waals surface area contributed by atoms with Crippen LogP contribution in [0.1, 0.15) is 37.9 Å². The Hall–Kier alpha value is -2.11. The van der Waals surface area contributed by atoms with Crippen molar-refractivity contribution < 1.29 is 9.53 Å². The van der Waals surface area contributed by atoms with Crippen LogP contribution in [0.4, 0.5) is 4.79 Å². The standard InChI is InChI=1S/C17H22N4O2/c1-10-5-6-21-13(7-10)15(18-19-21)14-11-8-20(9-12(11)14)16(22)23-17(2,3)4/h5-7,11-12,14H,8-9H2,1-4H3/t11-,12+,14?. The fourth-order valence-electron chi connectivity index (χ4n) is 3.66. The molecule has 23 heavy (non-hydrogen) atoms. The zero-order chi connectivity index (χ0) is 16.4. The molecule has 2 aromatic rings. The van der Waals surface area contributed by atoms with Crippen molar-refractivity contribution in [3.05, 3.63) is 29.6 Å². The fourth-order valence-corrected chi connectivity index (χ4v) is 3.66. The zero-order valence-electron chi connectivity index (χ0n) is 14.0. The lowest BCUT2D eigenvalue weighted by atomic mass is 10.1. The summed E-state index contributed by atoms with van der Waals surface area (Å²) in [6.45, 7) is 9.29. The van der Waals surface area contributed by atoms with Gasteiger partial charge >= 0.3 is 6.09 Å². The number of rotatable bonds is 1. The van der Waals surface area contributed by atoms with Crippen LogP contribution in [-0.4, -0.2) is 44.5 Å². The maximum atomic E-state index is 12.1. The predicted molar refractivity (Wildman–Crippen MR) is 85.3 cm³/mol. The summed E-state index contributed by atoms with van der Waals surface area (Å²) in [7, 11) is 0. The first kappa shape index (κ1) is 14.5. The molecule has 0 N–H and O–H groups in total. The van der Waals surface area contributed by atoms with E-state index in [-0.39, 0.29) is 6.09 Å². The number of carbonyl (C=O) groups is 1. The van der Waals surface area contributed by atoms with Crippen molar-refractivity contribution in [3.8, 4) is 0 Å². The van der Waals surface area contributed by atoms with E-state index in [9.17, 15) is 4.79 Å². The Kier molecular flexibility index (Phi) is 2.95. The van der Waals surface area contributed by atoms with Crippen LogP contribution in [0.3, 0.4) is 0 Å². The first-order valence-electron chi connectivity index (χ1n) is 8.13. The number of aromatic nitrogens is 3. The summed E-state index contributed by atoms with van der Waals surface area (Å²) in [6, 6.07) is 4.17. The number of likely N-dealkylation sites (tertiary alicyclic amines) is 1. The minimum absolute atomic E-state index is 0.202. The molecule has 1 amide bonds. The van der Waals surface area contributed by atoms with Crippen LogP contribution in [-0.2, 0) is 4.74 Å². The number of aryl methyl sites for hydroxylation is 1. The molecule has 0 spiro atoms. The van der Waals surface area contributed by atoms with Gasteiger partial charge in [-0.1, -0.05) is 5.21 Å². The summed E-state index contributed by atoms with van der Waals surface area (Å²) in [4.78, 5) is 14.0. The van der Waals surface area contributed by atoms with Crippen molar-refractivity contribution >= 4 is 11.6 Å². The first-order chi connectivity index (χ1) is 10.8. The number of ether oxygens (including phenoxy) is 1. The molecular weight excluding hydrogens is 292 g/mol. The largest absolute Gasteiger partial charge is 0.444 e. The van der Waals surface area contributed by atoms with Gasteiger partial charge in [-0.25, -0.2) is 9.31 Å². The molecule has 4 rings (SSSR count). The Morgan fingerprint density at radius 2 is 2.00 bits per heavy atom. The Balaban J connectivity index is 1.48. The van der Waals surface area contributed by atoms with Gasteiger partial charge in [0.25, 0.3) is 0 Å². The molecule has 2 fully saturated rings. The van der Waals surface area contributed by atoms with Crippen molar-refractivity contribution in [3.63, 3.8) is 0 Å². The van der Waals surface area contributed by atoms with Gasteiger partial charge in [0, 0.05) is 25.2 Å². The van der Waals surface area contributed by atoms with E-state index >= 15 is 0 Å². The SMILES string of the molecule is Cc1ccn2nnc(C3[C@H]4CN(C(=O)OC(C)(C)C)C[C@@H]34)c2c1. The number of hydrogen-bond acceptors (Lipinski definition) is 4. The summed E-state index contributed by atoms with van der Waals surface area (Å²) in [5, 5.41) is 8.60. The highest BCUT2D eigenvalue weighted by atomic mass is 16.6. The van der Waals surface area contributed by atoms with Crippen molar-refractivity contribution in [2.45, 2.75) is 39.2 Å². The van der Waals surface area contributed by atoms with E-state index in [1.165, 1.54) is 5.56 Å². The quantitative estimate of drug-likeness (QED) is 0.812. The molecule has 1 aliphatic heterocycles. The van der Waals surface area contributed by atoms with Crippen LogP contribution in [0.5, 0.6) is 0 Å². The summed E-state index contributed by atoms with van der Waals surface area (Å²) in [6.07, 6.45) is 1.75. The van der Waals surface area contributed by atoms with Gasteiger partial charge in [0.15, 0.2) is 0 Å². The second-order valence-corrected chi connectivity index (χ2v) is 7.75. The summed E-state index contributed by atoms with van der Waals surface area (Å²) in [5.74, 6) is 1.40. The molecule has 0 radical (unpaired) electrons. The average Bonchev–Trinajstić information content (AvgIpc) is 2.85. The molecule has 0 bridgehead atoms. The second kappa shape index (κ2) is 4.69. The van der Waals surface area contributed by atoms with Gasteiger partial charge in [0.05, 0.1) is 11.2 Å². The zero-order valence-corrected chi connectivity index (χ0v) is 14.0. The minimum atomic E-state index is -0.440. The van der Waals surface area contributed by atoms with E-state index in [2.05, 4.69) is 23.3 Å². The lowest BCUT2D eigenvalue weighted by molar-refractivity contribution is 0.0271. The van der Waals surface area contributed by atoms with Crippen LogP contribution < -0.4 is 0 Å². The molecule has 6 heteroatoms. The maximum absolute atomic E-state index is 12.1. The lowest BCUT2D eigenvalue weighted by Gasteiger charge is -2.25. The summed E-state index contributed by atoms with van der Waals surface area (Å²) < 4.78 is 7.29. The van der Waals surface area contributed by atoms with Gasteiger partial charge in [0.2, 0.25) is 0 Å². The van der Waals surface area contributed by atoms with Crippen molar-refractivity contribution in [2.24, 2.45) is 11.8 Å². The molecule has 2 aliphatic rings. The van der Waals surface area contributed by atoms with E-state index in [1.54, 1.807) is 0 Å². The van der Waals surface area contributed by atoms with Crippen molar-refractivity contribution in [2.75, 3.05) is 13.1 Å².